The molecule has 0 bridgehead atoms. The maximum absolute atomic E-state index is 13.8. The highest BCUT2D eigenvalue weighted by atomic mass is 19.4. The van der Waals surface area contributed by atoms with Crippen LogP contribution in [-0.4, -0.2) is 29.0 Å². The van der Waals surface area contributed by atoms with Gasteiger partial charge in [-0.25, -0.2) is 4.68 Å². The van der Waals surface area contributed by atoms with Crippen molar-refractivity contribution in [1.82, 2.24) is 15.1 Å². The van der Waals surface area contributed by atoms with E-state index < -0.39 is 24.2 Å². The van der Waals surface area contributed by atoms with Gasteiger partial charge in [0, 0.05) is 12.5 Å². The molecule has 1 aliphatic heterocycles. The Labute approximate surface area is 169 Å². The fourth-order valence-electron chi connectivity index (χ4n) is 3.43. The first-order chi connectivity index (χ1) is 14.3. The van der Waals surface area contributed by atoms with Crippen LogP contribution in [0.4, 0.5) is 19.0 Å². The third-order valence-corrected chi connectivity index (χ3v) is 4.92. The summed E-state index contributed by atoms with van der Waals surface area (Å²) in [6, 6.07) is 9.06. The van der Waals surface area contributed by atoms with Crippen LogP contribution in [0.5, 0.6) is 5.75 Å². The molecule has 158 valence electrons. The van der Waals surface area contributed by atoms with Crippen LogP contribution in [-0.2, 0) is 6.54 Å². The molecule has 7 nitrogen and oxygen atoms in total. The van der Waals surface area contributed by atoms with Gasteiger partial charge < -0.3 is 19.8 Å². The molecule has 0 radical (unpaired) electrons. The summed E-state index contributed by atoms with van der Waals surface area (Å²) in [6.07, 6.45) is -3.33. The number of benzene rings is 1. The summed E-state index contributed by atoms with van der Waals surface area (Å²) < 4.78 is 52.5. The summed E-state index contributed by atoms with van der Waals surface area (Å²) >= 11 is 0. The van der Waals surface area contributed by atoms with Gasteiger partial charge in [0.2, 0.25) is 0 Å². The molecule has 2 atom stereocenters. The van der Waals surface area contributed by atoms with Gasteiger partial charge in [-0.1, -0.05) is 12.1 Å². The number of carbonyl (C=O) groups is 1. The van der Waals surface area contributed by atoms with Gasteiger partial charge in [0.15, 0.2) is 11.7 Å². The minimum Gasteiger partial charge on any atom is -0.497 e. The van der Waals surface area contributed by atoms with Crippen LogP contribution >= 0.6 is 0 Å². The second kappa shape index (κ2) is 7.77. The number of nitrogens with zero attached hydrogens (tertiary/aromatic N) is 2. The van der Waals surface area contributed by atoms with Gasteiger partial charge in [-0.3, -0.25) is 4.79 Å². The minimum absolute atomic E-state index is 0.107. The molecule has 4 rings (SSSR count). The van der Waals surface area contributed by atoms with Crippen molar-refractivity contribution in [2.24, 2.45) is 0 Å². The zero-order valence-electron chi connectivity index (χ0n) is 15.9. The first kappa shape index (κ1) is 19.9. The first-order valence-corrected chi connectivity index (χ1v) is 9.22. The molecule has 2 N–H and O–H groups in total. The molecule has 0 saturated heterocycles. The van der Waals surface area contributed by atoms with E-state index in [1.54, 1.807) is 36.4 Å². The van der Waals surface area contributed by atoms with E-state index in [1.165, 1.54) is 19.4 Å². The maximum atomic E-state index is 13.8. The molecule has 0 unspecified atom stereocenters. The summed E-state index contributed by atoms with van der Waals surface area (Å²) in [5.41, 5.74) is 0.546. The topological polar surface area (TPSA) is 81.3 Å². The van der Waals surface area contributed by atoms with Crippen molar-refractivity contribution in [2.75, 3.05) is 12.4 Å². The Hall–Kier alpha value is -3.43. The van der Waals surface area contributed by atoms with Crippen molar-refractivity contribution in [1.29, 1.82) is 0 Å². The van der Waals surface area contributed by atoms with E-state index in [0.717, 1.165) is 4.68 Å². The molecule has 1 amide bonds. The van der Waals surface area contributed by atoms with Gasteiger partial charge in [0.25, 0.3) is 5.91 Å². The quantitative estimate of drug-likeness (QED) is 0.650. The van der Waals surface area contributed by atoms with Crippen molar-refractivity contribution >= 4 is 11.7 Å². The van der Waals surface area contributed by atoms with E-state index in [0.29, 0.717) is 17.1 Å². The number of methoxy groups -OCH3 is 1. The minimum atomic E-state index is -4.53. The highest BCUT2D eigenvalue weighted by Gasteiger charge is 2.46. The highest BCUT2D eigenvalue weighted by Crippen LogP contribution is 2.43. The standard InChI is InChI=1S/C20H19F3N4O3/c1-29-13-5-2-4-12(8-13)15-9-17(20(21,22)23)27-18(25-15)10-16(26-27)19(28)24-11-14-6-3-7-30-14/h2-8,10,15,17,25H,9,11H2,1H3,(H,24,28)/t15-,17+/m1/s1. The number of hydrogen-bond donors (Lipinski definition) is 2. The summed E-state index contributed by atoms with van der Waals surface area (Å²) in [5.74, 6) is 0.611. The molecule has 3 heterocycles. The van der Waals surface area contributed by atoms with Crippen LogP contribution < -0.4 is 15.4 Å². The molecule has 10 heteroatoms. The lowest BCUT2D eigenvalue weighted by molar-refractivity contribution is -0.173. The molecular formula is C20H19F3N4O3. The van der Waals surface area contributed by atoms with Crippen molar-refractivity contribution < 1.29 is 27.1 Å². The number of carbonyl (C=O) groups excluding carboxylic acids is 1. The van der Waals surface area contributed by atoms with E-state index in [9.17, 15) is 18.0 Å². The molecule has 2 aromatic heterocycles. The monoisotopic (exact) mass is 420 g/mol. The van der Waals surface area contributed by atoms with Crippen LogP contribution in [0.3, 0.4) is 0 Å². The Balaban J connectivity index is 1.60. The van der Waals surface area contributed by atoms with E-state index in [-0.39, 0.29) is 24.5 Å². The van der Waals surface area contributed by atoms with Gasteiger partial charge in [-0.05, 0) is 29.8 Å². The molecule has 0 saturated carbocycles. The lowest BCUT2D eigenvalue weighted by atomic mass is 9.97. The number of ether oxygens (including phenoxy) is 1. The average Bonchev–Trinajstić information content (AvgIpc) is 3.40. The number of aromatic nitrogens is 2. The largest absolute Gasteiger partial charge is 0.497 e. The number of furan rings is 1. The molecule has 0 fully saturated rings. The molecule has 1 aliphatic rings. The molecule has 30 heavy (non-hydrogen) atoms. The Bertz CT molecular complexity index is 1030. The molecule has 0 aliphatic carbocycles. The maximum Gasteiger partial charge on any atom is 0.410 e. The van der Waals surface area contributed by atoms with Gasteiger partial charge in [-0.2, -0.15) is 18.3 Å². The van der Waals surface area contributed by atoms with E-state index in [4.69, 9.17) is 9.15 Å². The number of hydrogen-bond acceptors (Lipinski definition) is 5. The third kappa shape index (κ3) is 3.98. The van der Waals surface area contributed by atoms with Gasteiger partial charge in [0.05, 0.1) is 26.0 Å². The zero-order chi connectivity index (χ0) is 21.3. The smallest absolute Gasteiger partial charge is 0.410 e. The number of rotatable bonds is 5. The predicted molar refractivity (Wildman–Crippen MR) is 101 cm³/mol. The third-order valence-electron chi connectivity index (χ3n) is 4.92. The van der Waals surface area contributed by atoms with Crippen LogP contribution in [0, 0.1) is 0 Å². The fourth-order valence-corrected chi connectivity index (χ4v) is 3.43. The van der Waals surface area contributed by atoms with Crippen molar-refractivity contribution in [3.63, 3.8) is 0 Å². The number of halogens is 3. The van der Waals surface area contributed by atoms with Crippen LogP contribution in [0.1, 0.15) is 40.3 Å². The van der Waals surface area contributed by atoms with Crippen molar-refractivity contribution in [2.45, 2.75) is 31.2 Å². The predicted octanol–water partition coefficient (Wildman–Crippen LogP) is 4.08. The Morgan fingerprint density at radius 1 is 1.33 bits per heavy atom. The second-order valence-corrected chi connectivity index (χ2v) is 6.89. The van der Waals surface area contributed by atoms with E-state index >= 15 is 0 Å². The van der Waals surface area contributed by atoms with Gasteiger partial charge in [0.1, 0.15) is 17.3 Å². The zero-order valence-corrected chi connectivity index (χ0v) is 15.9. The lowest BCUT2D eigenvalue weighted by Crippen LogP contribution is -2.35. The molecular weight excluding hydrogens is 401 g/mol. The first-order valence-electron chi connectivity index (χ1n) is 9.22. The van der Waals surface area contributed by atoms with Gasteiger partial charge in [-0.15, -0.1) is 0 Å². The van der Waals surface area contributed by atoms with Gasteiger partial charge >= 0.3 is 6.18 Å². The number of anilines is 1. The van der Waals surface area contributed by atoms with Crippen LogP contribution in [0.2, 0.25) is 0 Å². The highest BCUT2D eigenvalue weighted by molar-refractivity contribution is 5.93. The van der Waals surface area contributed by atoms with Crippen molar-refractivity contribution in [3.05, 3.63) is 65.7 Å². The average molecular weight is 420 g/mol. The number of nitrogens with one attached hydrogen (secondary N) is 2. The summed E-state index contributed by atoms with van der Waals surface area (Å²) in [5, 5.41) is 9.57. The van der Waals surface area contributed by atoms with E-state index in [1.807, 2.05) is 0 Å². The fraction of sp³-hybridized carbons (Fsp3) is 0.300. The summed E-state index contributed by atoms with van der Waals surface area (Å²) in [4.78, 5) is 12.4. The Kier molecular flexibility index (Phi) is 5.15. The number of alkyl halides is 3. The number of fused-ring (bicyclic) bond motifs is 1. The molecule has 1 aromatic carbocycles. The Morgan fingerprint density at radius 2 is 2.17 bits per heavy atom. The Morgan fingerprint density at radius 3 is 2.87 bits per heavy atom. The molecule has 3 aromatic rings. The normalized spacial score (nSPS) is 18.4. The lowest BCUT2D eigenvalue weighted by Gasteiger charge is -2.33. The van der Waals surface area contributed by atoms with Crippen molar-refractivity contribution in [3.8, 4) is 5.75 Å². The van der Waals surface area contributed by atoms with E-state index in [2.05, 4.69) is 15.7 Å². The second-order valence-electron chi connectivity index (χ2n) is 6.89. The summed E-state index contributed by atoms with van der Waals surface area (Å²) in [6.45, 7) is 0.108. The SMILES string of the molecule is COc1cccc([C@H]2C[C@@H](C(F)(F)F)n3nc(C(=O)NCc4ccco4)cc3N2)c1. The van der Waals surface area contributed by atoms with Crippen LogP contribution in [0.15, 0.2) is 53.1 Å². The summed E-state index contributed by atoms with van der Waals surface area (Å²) in [7, 11) is 1.49. The molecule has 0 spiro atoms. The van der Waals surface area contributed by atoms with Crippen LogP contribution in [0.25, 0.3) is 0 Å². The number of amides is 1.